The van der Waals surface area contributed by atoms with E-state index in [0.717, 1.165) is 54.6 Å². The quantitative estimate of drug-likeness (QED) is 0.594. The van der Waals surface area contributed by atoms with Crippen LogP contribution in [-0.2, 0) is 0 Å². The van der Waals surface area contributed by atoms with Crippen LogP contribution in [0, 0.1) is 0 Å². The highest BCUT2D eigenvalue weighted by atomic mass is 35.5. The summed E-state index contributed by atoms with van der Waals surface area (Å²) in [6.45, 7) is 3.53. The van der Waals surface area contributed by atoms with Crippen molar-refractivity contribution >= 4 is 40.4 Å². The molecule has 3 aromatic rings. The molecule has 7 heteroatoms. The molecule has 150 valence electrons. The molecule has 4 rings (SSSR count). The summed E-state index contributed by atoms with van der Waals surface area (Å²) >= 11 is 12.2. The van der Waals surface area contributed by atoms with Crippen LogP contribution in [0.5, 0.6) is 0 Å². The highest BCUT2D eigenvalue weighted by Crippen LogP contribution is 2.28. The van der Waals surface area contributed by atoms with Crippen molar-refractivity contribution in [3.63, 3.8) is 0 Å². The van der Waals surface area contributed by atoms with Gasteiger partial charge in [-0.25, -0.2) is 4.98 Å². The van der Waals surface area contributed by atoms with Gasteiger partial charge in [0.25, 0.3) is 0 Å². The van der Waals surface area contributed by atoms with E-state index in [1.54, 1.807) is 0 Å². The summed E-state index contributed by atoms with van der Waals surface area (Å²) in [5.74, 6) is 0.910. The fourth-order valence-corrected chi connectivity index (χ4v) is 3.75. The van der Waals surface area contributed by atoms with Gasteiger partial charge in [-0.1, -0.05) is 35.3 Å². The smallest absolute Gasteiger partial charge is 0.147 e. The molecule has 0 aliphatic carbocycles. The number of aromatic nitrogens is 2. The Morgan fingerprint density at radius 2 is 1.52 bits per heavy atom. The van der Waals surface area contributed by atoms with Crippen molar-refractivity contribution in [1.29, 1.82) is 0 Å². The first kappa shape index (κ1) is 19.8. The summed E-state index contributed by atoms with van der Waals surface area (Å²) in [6, 6.07) is 14.2. The Bertz CT molecular complexity index is 983. The van der Waals surface area contributed by atoms with E-state index in [0.29, 0.717) is 10.0 Å². The maximum Gasteiger partial charge on any atom is 0.147 e. The zero-order valence-corrected chi connectivity index (χ0v) is 18.0. The Kier molecular flexibility index (Phi) is 5.79. The van der Waals surface area contributed by atoms with Crippen LogP contribution in [0.15, 0.2) is 54.9 Å². The first-order valence-corrected chi connectivity index (χ1v) is 10.3. The lowest BCUT2D eigenvalue weighted by molar-refractivity contribution is 0.646. The molecule has 0 unspecified atom stereocenters. The minimum absolute atomic E-state index is 0.583. The van der Waals surface area contributed by atoms with Gasteiger partial charge in [0.15, 0.2) is 0 Å². The Labute approximate surface area is 181 Å². The molecule has 0 saturated carbocycles. The zero-order valence-electron chi connectivity index (χ0n) is 16.5. The van der Waals surface area contributed by atoms with Gasteiger partial charge < -0.3 is 14.7 Å². The van der Waals surface area contributed by atoms with Crippen LogP contribution in [0.2, 0.25) is 10.0 Å². The van der Waals surface area contributed by atoms with E-state index in [4.69, 9.17) is 28.2 Å². The zero-order chi connectivity index (χ0) is 20.4. The molecule has 0 atom stereocenters. The molecule has 0 bridgehead atoms. The highest BCUT2D eigenvalue weighted by molar-refractivity contribution is 6.42. The number of rotatable bonds is 4. The van der Waals surface area contributed by atoms with E-state index in [1.807, 2.05) is 44.7 Å². The Hall–Kier alpha value is -2.50. The van der Waals surface area contributed by atoms with E-state index in [2.05, 4.69) is 43.9 Å². The first-order chi connectivity index (χ1) is 14.0. The van der Waals surface area contributed by atoms with Crippen molar-refractivity contribution in [3.05, 3.63) is 64.9 Å². The molecule has 0 amide bonds. The predicted octanol–water partition coefficient (Wildman–Crippen LogP) is 4.84. The fraction of sp³-hybridized carbons (Fsp3) is 0.273. The van der Waals surface area contributed by atoms with Crippen LogP contribution in [0.3, 0.4) is 0 Å². The van der Waals surface area contributed by atoms with Crippen molar-refractivity contribution in [2.75, 3.05) is 55.0 Å². The number of benzene rings is 2. The van der Waals surface area contributed by atoms with Crippen molar-refractivity contribution in [1.82, 2.24) is 9.97 Å². The average molecular weight is 428 g/mol. The van der Waals surface area contributed by atoms with Crippen LogP contribution in [-0.4, -0.2) is 50.2 Å². The molecular weight excluding hydrogens is 405 g/mol. The van der Waals surface area contributed by atoms with Crippen molar-refractivity contribution in [2.45, 2.75) is 0 Å². The van der Waals surface area contributed by atoms with Gasteiger partial charge in [-0.05, 0) is 30.3 Å². The first-order valence-electron chi connectivity index (χ1n) is 9.56. The largest absolute Gasteiger partial charge is 0.378 e. The molecule has 2 heterocycles. The summed E-state index contributed by atoms with van der Waals surface area (Å²) in [5, 5.41) is 1.17. The lowest BCUT2D eigenvalue weighted by atomic mass is 10.1. The fourth-order valence-electron chi connectivity index (χ4n) is 3.45. The Morgan fingerprint density at radius 1 is 0.828 bits per heavy atom. The van der Waals surface area contributed by atoms with Gasteiger partial charge in [0.1, 0.15) is 5.82 Å². The minimum Gasteiger partial charge on any atom is -0.378 e. The van der Waals surface area contributed by atoms with Crippen LogP contribution >= 0.6 is 23.2 Å². The van der Waals surface area contributed by atoms with Gasteiger partial charge in [0, 0.05) is 57.2 Å². The third-order valence-electron chi connectivity index (χ3n) is 5.17. The van der Waals surface area contributed by atoms with E-state index in [9.17, 15) is 0 Å². The Balaban J connectivity index is 1.46. The van der Waals surface area contributed by atoms with Gasteiger partial charge in [-0.2, -0.15) is 0 Å². The van der Waals surface area contributed by atoms with Crippen LogP contribution in [0.4, 0.5) is 17.2 Å². The maximum absolute atomic E-state index is 6.17. The lowest BCUT2D eigenvalue weighted by Gasteiger charge is -2.36. The van der Waals surface area contributed by atoms with Crippen molar-refractivity contribution < 1.29 is 0 Å². The van der Waals surface area contributed by atoms with Crippen molar-refractivity contribution in [3.8, 4) is 11.3 Å². The number of halogens is 2. The predicted molar refractivity (Wildman–Crippen MR) is 123 cm³/mol. The van der Waals surface area contributed by atoms with Crippen molar-refractivity contribution in [2.24, 2.45) is 0 Å². The normalized spacial score (nSPS) is 14.2. The van der Waals surface area contributed by atoms with Gasteiger partial charge in [0.05, 0.1) is 28.1 Å². The molecule has 1 aliphatic heterocycles. The number of nitrogens with zero attached hydrogens (tertiary/aromatic N) is 5. The minimum atomic E-state index is 0.583. The van der Waals surface area contributed by atoms with E-state index in [-0.39, 0.29) is 0 Å². The second-order valence-corrected chi connectivity index (χ2v) is 8.09. The number of hydrogen-bond acceptors (Lipinski definition) is 5. The third kappa shape index (κ3) is 4.41. The molecule has 0 N–H and O–H groups in total. The summed E-state index contributed by atoms with van der Waals surface area (Å²) < 4.78 is 0. The van der Waals surface area contributed by atoms with Gasteiger partial charge in [0.2, 0.25) is 0 Å². The monoisotopic (exact) mass is 427 g/mol. The SMILES string of the molecule is CN(C)c1ccc(-c2cncc(N3CCN(c4ccc(Cl)c(Cl)c4)CC3)n2)cc1. The molecule has 5 nitrogen and oxygen atoms in total. The summed E-state index contributed by atoms with van der Waals surface area (Å²) in [4.78, 5) is 16.0. The maximum atomic E-state index is 6.17. The molecule has 29 heavy (non-hydrogen) atoms. The van der Waals surface area contributed by atoms with E-state index in [1.165, 1.54) is 0 Å². The second kappa shape index (κ2) is 8.47. The molecule has 0 spiro atoms. The van der Waals surface area contributed by atoms with Crippen LogP contribution < -0.4 is 14.7 Å². The van der Waals surface area contributed by atoms with Gasteiger partial charge in [-0.15, -0.1) is 0 Å². The van der Waals surface area contributed by atoms with Gasteiger partial charge >= 0.3 is 0 Å². The number of piperazine rings is 1. The van der Waals surface area contributed by atoms with E-state index >= 15 is 0 Å². The Morgan fingerprint density at radius 3 is 2.17 bits per heavy atom. The lowest BCUT2D eigenvalue weighted by Crippen LogP contribution is -2.46. The van der Waals surface area contributed by atoms with E-state index < -0.39 is 0 Å². The second-order valence-electron chi connectivity index (χ2n) is 7.28. The summed E-state index contributed by atoms with van der Waals surface area (Å²) in [7, 11) is 4.07. The number of anilines is 3. The molecule has 1 fully saturated rings. The van der Waals surface area contributed by atoms with Crippen LogP contribution in [0.1, 0.15) is 0 Å². The summed E-state index contributed by atoms with van der Waals surface area (Å²) in [5.41, 5.74) is 4.22. The highest BCUT2D eigenvalue weighted by Gasteiger charge is 2.19. The third-order valence-corrected chi connectivity index (χ3v) is 5.91. The molecule has 0 radical (unpaired) electrons. The molecular formula is C22H23Cl2N5. The molecule has 2 aromatic carbocycles. The number of hydrogen-bond donors (Lipinski definition) is 0. The molecule has 1 aliphatic rings. The van der Waals surface area contributed by atoms with Gasteiger partial charge in [-0.3, -0.25) is 4.98 Å². The molecule has 1 saturated heterocycles. The average Bonchev–Trinajstić information content (AvgIpc) is 2.76. The summed E-state index contributed by atoms with van der Waals surface area (Å²) in [6.07, 6.45) is 3.66. The molecule has 1 aromatic heterocycles. The standard InChI is InChI=1S/C22H23Cl2N5/c1-27(2)17-5-3-16(4-6-17)21-14-25-15-22(26-21)29-11-9-28(10-12-29)18-7-8-19(23)20(24)13-18/h3-8,13-15H,9-12H2,1-2H3. The van der Waals surface area contributed by atoms with Crippen LogP contribution in [0.25, 0.3) is 11.3 Å². The topological polar surface area (TPSA) is 35.5 Å².